The van der Waals surface area contributed by atoms with Crippen LogP contribution in [0.4, 0.5) is 0 Å². The van der Waals surface area contributed by atoms with Gasteiger partial charge in [-0.25, -0.2) is 0 Å². The molecular formula is C20H34O3. The molecule has 1 aromatic carbocycles. The number of benzene rings is 1. The third-order valence-corrected chi connectivity index (χ3v) is 3.46. The monoisotopic (exact) mass is 322 g/mol. The van der Waals surface area contributed by atoms with Crippen LogP contribution in [0.2, 0.25) is 0 Å². The average Bonchev–Trinajstić information content (AvgIpc) is 2.40. The molecule has 0 saturated carbocycles. The first-order valence-electron chi connectivity index (χ1n) is 8.40. The second kappa shape index (κ2) is 7.67. The molecule has 0 fully saturated rings. The molecule has 0 aromatic heterocycles. The quantitative estimate of drug-likeness (QED) is 0.697. The van der Waals surface area contributed by atoms with Crippen LogP contribution in [0.25, 0.3) is 0 Å². The molecule has 1 aromatic rings. The van der Waals surface area contributed by atoms with Crippen molar-refractivity contribution in [1.82, 2.24) is 0 Å². The minimum atomic E-state index is -0.180. The highest BCUT2D eigenvalue weighted by atomic mass is 16.5. The van der Waals surface area contributed by atoms with Crippen LogP contribution in [0, 0.1) is 0 Å². The molecule has 0 radical (unpaired) electrons. The summed E-state index contributed by atoms with van der Waals surface area (Å²) in [5.41, 5.74) is 3.09. The van der Waals surface area contributed by atoms with Gasteiger partial charge in [0.15, 0.2) is 0 Å². The molecule has 0 atom stereocenters. The molecule has 23 heavy (non-hydrogen) atoms. The van der Waals surface area contributed by atoms with Gasteiger partial charge >= 0.3 is 0 Å². The van der Waals surface area contributed by atoms with Crippen molar-refractivity contribution in [3.63, 3.8) is 0 Å². The molecule has 0 heterocycles. The maximum atomic E-state index is 5.97. The van der Waals surface area contributed by atoms with Gasteiger partial charge in [0.05, 0.1) is 31.5 Å². The van der Waals surface area contributed by atoms with Crippen LogP contribution in [0.3, 0.4) is 0 Å². The number of rotatable bonds is 6. The van der Waals surface area contributed by atoms with Crippen LogP contribution in [-0.2, 0) is 22.7 Å². The molecule has 0 aliphatic carbocycles. The molecule has 0 spiro atoms. The van der Waals surface area contributed by atoms with Crippen LogP contribution in [0.5, 0.6) is 5.75 Å². The summed E-state index contributed by atoms with van der Waals surface area (Å²) < 4.78 is 17.6. The molecule has 0 aliphatic rings. The minimum absolute atomic E-state index is 0.180. The maximum absolute atomic E-state index is 5.97. The zero-order valence-electron chi connectivity index (χ0n) is 16.4. The van der Waals surface area contributed by atoms with Crippen LogP contribution in [0.1, 0.15) is 78.0 Å². The Kier molecular flexibility index (Phi) is 6.67. The van der Waals surface area contributed by atoms with Gasteiger partial charge in [0.1, 0.15) is 5.75 Å². The zero-order valence-corrected chi connectivity index (χ0v) is 16.4. The Hall–Kier alpha value is -1.06. The molecule has 0 aliphatic heterocycles. The van der Waals surface area contributed by atoms with E-state index in [2.05, 4.69) is 67.5 Å². The molecule has 3 nitrogen and oxygen atoms in total. The van der Waals surface area contributed by atoms with Crippen molar-refractivity contribution in [3.05, 3.63) is 28.8 Å². The van der Waals surface area contributed by atoms with E-state index in [4.69, 9.17) is 14.2 Å². The van der Waals surface area contributed by atoms with E-state index in [9.17, 15) is 0 Å². The van der Waals surface area contributed by atoms with Crippen molar-refractivity contribution in [1.29, 1.82) is 0 Å². The molecule has 0 unspecified atom stereocenters. The number of hydrogen-bond donors (Lipinski definition) is 0. The highest BCUT2D eigenvalue weighted by molar-refractivity contribution is 5.45. The fraction of sp³-hybridized carbons (Fsp3) is 0.700. The van der Waals surface area contributed by atoms with Crippen molar-refractivity contribution < 1.29 is 14.2 Å². The molecule has 0 amide bonds. The predicted molar refractivity (Wildman–Crippen MR) is 96.2 cm³/mol. The van der Waals surface area contributed by atoms with Gasteiger partial charge in [-0.1, -0.05) is 13.8 Å². The van der Waals surface area contributed by atoms with Crippen molar-refractivity contribution in [2.45, 2.75) is 85.7 Å². The lowest BCUT2D eigenvalue weighted by Crippen LogP contribution is -2.20. The highest BCUT2D eigenvalue weighted by Crippen LogP contribution is 2.32. The van der Waals surface area contributed by atoms with Crippen LogP contribution < -0.4 is 4.74 Å². The Morgan fingerprint density at radius 3 is 1.48 bits per heavy atom. The van der Waals surface area contributed by atoms with E-state index in [0.29, 0.717) is 19.1 Å². The van der Waals surface area contributed by atoms with Gasteiger partial charge in [-0.15, -0.1) is 0 Å². The maximum Gasteiger partial charge on any atom is 0.129 e. The first-order valence-corrected chi connectivity index (χ1v) is 8.40. The van der Waals surface area contributed by atoms with Gasteiger partial charge in [0.2, 0.25) is 0 Å². The van der Waals surface area contributed by atoms with E-state index in [0.717, 1.165) is 16.9 Å². The van der Waals surface area contributed by atoms with E-state index in [1.807, 2.05) is 0 Å². The third-order valence-electron chi connectivity index (χ3n) is 3.46. The molecule has 0 N–H and O–H groups in total. The van der Waals surface area contributed by atoms with Crippen LogP contribution in [-0.4, -0.2) is 18.3 Å². The summed E-state index contributed by atoms with van der Waals surface area (Å²) in [6.45, 7) is 17.9. The van der Waals surface area contributed by atoms with E-state index in [1.165, 1.54) is 5.56 Å². The second-order valence-electron chi connectivity index (χ2n) is 8.33. The smallest absolute Gasteiger partial charge is 0.129 e. The minimum Gasteiger partial charge on any atom is -0.496 e. The Bertz CT molecular complexity index is 466. The Balaban J connectivity index is 3.18. The van der Waals surface area contributed by atoms with E-state index >= 15 is 0 Å². The van der Waals surface area contributed by atoms with Gasteiger partial charge < -0.3 is 14.2 Å². The fourth-order valence-corrected chi connectivity index (χ4v) is 2.18. The van der Waals surface area contributed by atoms with Crippen LogP contribution >= 0.6 is 0 Å². The summed E-state index contributed by atoms with van der Waals surface area (Å²) in [5.74, 6) is 1.32. The number of hydrogen-bond acceptors (Lipinski definition) is 3. The molecule has 132 valence electrons. The fourth-order valence-electron chi connectivity index (χ4n) is 2.18. The Morgan fingerprint density at radius 2 is 1.22 bits per heavy atom. The second-order valence-corrected chi connectivity index (χ2v) is 8.33. The molecule has 0 saturated heterocycles. The Labute approximate surface area is 142 Å². The van der Waals surface area contributed by atoms with Gasteiger partial charge in [0.25, 0.3) is 0 Å². The largest absolute Gasteiger partial charge is 0.496 e. The highest BCUT2D eigenvalue weighted by Gasteiger charge is 2.19. The zero-order chi connectivity index (χ0) is 17.8. The summed E-state index contributed by atoms with van der Waals surface area (Å²) in [4.78, 5) is 0. The van der Waals surface area contributed by atoms with Gasteiger partial charge in [-0.2, -0.15) is 0 Å². The average molecular weight is 322 g/mol. The van der Waals surface area contributed by atoms with E-state index in [1.54, 1.807) is 7.11 Å². The number of ether oxygens (including phenoxy) is 3. The van der Waals surface area contributed by atoms with Crippen molar-refractivity contribution in [3.8, 4) is 5.75 Å². The molecule has 1 rings (SSSR count). The van der Waals surface area contributed by atoms with E-state index < -0.39 is 0 Å². The Morgan fingerprint density at radius 1 is 0.826 bits per heavy atom. The molecule has 3 heteroatoms. The molecular weight excluding hydrogens is 288 g/mol. The summed E-state index contributed by atoms with van der Waals surface area (Å²) >= 11 is 0. The van der Waals surface area contributed by atoms with Gasteiger partial charge in [-0.3, -0.25) is 0 Å². The number of methoxy groups -OCH3 is 1. The lowest BCUT2D eigenvalue weighted by atomic mass is 9.96. The van der Waals surface area contributed by atoms with Gasteiger partial charge in [0, 0.05) is 11.1 Å². The lowest BCUT2D eigenvalue weighted by Gasteiger charge is -2.24. The summed E-state index contributed by atoms with van der Waals surface area (Å²) in [6.07, 6.45) is 0. The van der Waals surface area contributed by atoms with E-state index in [-0.39, 0.29) is 11.2 Å². The summed E-state index contributed by atoms with van der Waals surface area (Å²) in [7, 11) is 1.71. The molecule has 0 bridgehead atoms. The van der Waals surface area contributed by atoms with Crippen molar-refractivity contribution in [2.75, 3.05) is 7.11 Å². The topological polar surface area (TPSA) is 27.7 Å². The van der Waals surface area contributed by atoms with Gasteiger partial charge in [-0.05, 0) is 65.2 Å². The lowest BCUT2D eigenvalue weighted by molar-refractivity contribution is -0.0186. The van der Waals surface area contributed by atoms with Crippen molar-refractivity contribution >= 4 is 0 Å². The summed E-state index contributed by atoms with van der Waals surface area (Å²) in [5, 5.41) is 0. The summed E-state index contributed by atoms with van der Waals surface area (Å²) in [6, 6.07) is 4.38. The standard InChI is InChI=1S/C20H34O3/c1-14(2)15-10-16(12-22-19(3,4)5)18(21-9)17(11-15)13-23-20(6,7)8/h10-11,14H,12-13H2,1-9H3. The third kappa shape index (κ3) is 6.92. The predicted octanol–water partition coefficient (Wildman–Crippen LogP) is 5.45. The SMILES string of the molecule is COc1c(COC(C)(C)C)cc(C(C)C)cc1COC(C)(C)C. The normalized spacial score (nSPS) is 12.8. The van der Waals surface area contributed by atoms with Crippen molar-refractivity contribution in [2.24, 2.45) is 0 Å². The first-order chi connectivity index (χ1) is 10.4. The first kappa shape index (κ1) is 20.0. The van der Waals surface area contributed by atoms with Crippen LogP contribution in [0.15, 0.2) is 12.1 Å².